The average Bonchev–Trinajstić information content (AvgIpc) is 3.12. The quantitative estimate of drug-likeness (QED) is 0.0534. The summed E-state index contributed by atoms with van der Waals surface area (Å²) in [5.41, 5.74) is -0.696. The van der Waals surface area contributed by atoms with Gasteiger partial charge in [0.2, 0.25) is 17.2 Å². The van der Waals surface area contributed by atoms with Gasteiger partial charge in [0.1, 0.15) is 21.2 Å². The van der Waals surface area contributed by atoms with E-state index in [0.717, 1.165) is 42.5 Å². The Balaban J connectivity index is 0.00000106. The van der Waals surface area contributed by atoms with Crippen LogP contribution in [-0.4, -0.2) is 80.4 Å². The molecule has 0 bridgehead atoms. The van der Waals surface area contributed by atoms with Crippen LogP contribution in [0.15, 0.2) is 109 Å². The summed E-state index contributed by atoms with van der Waals surface area (Å²) in [7, 11) is -17.9. The van der Waals surface area contributed by atoms with Gasteiger partial charge < -0.3 is 20.3 Å². The molecule has 0 saturated carbocycles. The third-order valence-corrected chi connectivity index (χ3v) is 10.8. The molecule has 318 valence electrons. The van der Waals surface area contributed by atoms with E-state index in [4.69, 9.17) is 24.2 Å². The number of nitrogens with one attached hydrogen (secondary N) is 2. The molecule has 0 spiro atoms. The maximum Gasteiger partial charge on any atom is 0.425 e. The minimum absolute atomic E-state index is 0.0151. The molecule has 0 aliphatic heterocycles. The van der Waals surface area contributed by atoms with E-state index in [9.17, 15) is 52.8 Å². The number of benzene rings is 5. The van der Waals surface area contributed by atoms with Crippen molar-refractivity contribution in [2.24, 2.45) is 10.2 Å². The van der Waals surface area contributed by atoms with Crippen molar-refractivity contribution < 1.29 is 65.4 Å². The van der Waals surface area contributed by atoms with Crippen molar-refractivity contribution >= 4 is 120 Å². The number of phenols is 1. The molecule has 0 saturated heterocycles. The van der Waals surface area contributed by atoms with Gasteiger partial charge in [-0.1, -0.05) is 44.5 Å². The Bertz CT molecular complexity index is 3140. The Kier molecular flexibility index (Phi) is 15.0. The van der Waals surface area contributed by atoms with Crippen molar-refractivity contribution in [3.8, 4) is 5.75 Å². The third kappa shape index (κ3) is 12.0. The molecule has 0 radical (unpaired) electrons. The minimum atomic E-state index is -5.11. The highest BCUT2D eigenvalue weighted by atomic mass is 35.5. The molecule has 22 nitrogen and oxygen atoms in total. The van der Waals surface area contributed by atoms with Crippen molar-refractivity contribution in [2.75, 3.05) is 10.6 Å². The lowest BCUT2D eigenvalue weighted by molar-refractivity contribution is 0.480. The molecule has 6 rings (SSSR count). The minimum Gasteiger partial charge on any atom is -0.768 e. The molecule has 6 N–H and O–H groups in total. The standard InChI is InChI=1S/C29H20ClN7O12S4.C3H8.O3S/c30-27-33-28(31-15-5-7-16(8-6-15)50(39)40)35-29(34-27)32-22-13-17(51(41,42)43)12-14-4-10-20(25(38)24(14)22)36-37-21-11-9-18-19(26(21)53(47,48)49)2-1-3-23(18)52(44,45)46;1-3-2;1-4(2)3/h1-13,38H,(H,39,40)(H,41,42,43)(H,44,45,46)(H,47,48,49)(H2,31,32,33,34,35);3H2,1-2H3;/p-1. The predicted molar refractivity (Wildman–Crippen MR) is 214 cm³/mol. The van der Waals surface area contributed by atoms with Crippen molar-refractivity contribution in [2.45, 2.75) is 39.9 Å². The fraction of sp³-hybridized carbons (Fsp3) is 0.0938. The molecule has 6 aromatic rings. The number of azo groups is 1. The van der Waals surface area contributed by atoms with Crippen LogP contribution in [0, 0.1) is 0 Å². The number of rotatable bonds is 10. The largest absolute Gasteiger partial charge is 0.768 e. The van der Waals surface area contributed by atoms with Gasteiger partial charge in [0, 0.05) is 26.7 Å². The summed E-state index contributed by atoms with van der Waals surface area (Å²) in [4.78, 5) is 9.96. The molecule has 1 heterocycles. The summed E-state index contributed by atoms with van der Waals surface area (Å²) in [6.07, 6.45) is 1.25. The second-order valence-electron chi connectivity index (χ2n) is 11.6. The number of phenolic OH excluding ortho intramolecular Hbond substituents is 1. The Morgan fingerprint density at radius 1 is 0.717 bits per heavy atom. The summed E-state index contributed by atoms with van der Waals surface area (Å²) in [5, 5.41) is 23.6. The lowest BCUT2D eigenvalue weighted by Crippen LogP contribution is -2.05. The number of halogens is 1. The first-order valence-electron chi connectivity index (χ1n) is 16.1. The molecule has 0 amide bonds. The molecule has 60 heavy (non-hydrogen) atoms. The van der Waals surface area contributed by atoms with Gasteiger partial charge in [0.25, 0.3) is 30.4 Å². The SMILES string of the molecule is CCC.O=S(=O)=O.O=S([O-])c1ccc(Nc2nc(Cl)nc(Nc3cc(S(=O)(=O)O)cc4ccc(N=Nc5ccc6c(S(=O)(=O)O)cccc6c5S(=O)(=O)O)c(O)c34)n2)cc1. The molecule has 1 unspecified atom stereocenters. The fourth-order valence-corrected chi connectivity index (χ4v) is 7.67. The van der Waals surface area contributed by atoms with E-state index in [-0.39, 0.29) is 55.0 Å². The van der Waals surface area contributed by atoms with E-state index < -0.39 is 78.2 Å². The monoisotopic (exact) mass is 944 g/mol. The number of hydrogen-bond donors (Lipinski definition) is 6. The van der Waals surface area contributed by atoms with Crippen LogP contribution in [0.2, 0.25) is 5.28 Å². The number of hydrogen-bond acceptors (Lipinski definition) is 19. The van der Waals surface area contributed by atoms with Crippen LogP contribution in [0.25, 0.3) is 21.5 Å². The van der Waals surface area contributed by atoms with Gasteiger partial charge in [-0.2, -0.15) is 40.2 Å². The summed E-state index contributed by atoms with van der Waals surface area (Å²) >= 11 is 3.63. The maximum atomic E-state index is 12.5. The number of aromatic hydroxyl groups is 1. The number of aromatic nitrogens is 3. The summed E-state index contributed by atoms with van der Waals surface area (Å²) in [5.74, 6) is -1.11. The highest BCUT2D eigenvalue weighted by molar-refractivity contribution is 7.86. The predicted octanol–water partition coefficient (Wildman–Crippen LogP) is 5.83. The number of anilines is 4. The van der Waals surface area contributed by atoms with Crippen molar-refractivity contribution in [3.05, 3.63) is 84.1 Å². The highest BCUT2D eigenvalue weighted by Crippen LogP contribution is 2.43. The molecular weight excluding hydrogens is 918 g/mol. The zero-order valence-electron chi connectivity index (χ0n) is 30.1. The smallest absolute Gasteiger partial charge is 0.425 e. The van der Waals surface area contributed by atoms with Crippen LogP contribution < -0.4 is 10.6 Å². The van der Waals surface area contributed by atoms with Crippen LogP contribution in [0.1, 0.15) is 20.3 Å². The topological polar surface area (TPSA) is 362 Å². The zero-order chi connectivity index (χ0) is 44.7. The highest BCUT2D eigenvalue weighted by Gasteiger charge is 2.24. The second kappa shape index (κ2) is 19.2. The molecule has 0 fully saturated rings. The van der Waals surface area contributed by atoms with Gasteiger partial charge >= 0.3 is 10.6 Å². The molecule has 28 heteroatoms. The van der Waals surface area contributed by atoms with Gasteiger partial charge in [-0.3, -0.25) is 17.9 Å². The fourth-order valence-electron chi connectivity index (χ4n) is 5.07. The lowest BCUT2D eigenvalue weighted by Gasteiger charge is -2.14. The average molecular weight is 945 g/mol. The van der Waals surface area contributed by atoms with E-state index in [0.29, 0.717) is 5.69 Å². The summed E-state index contributed by atoms with van der Waals surface area (Å²) < 4.78 is 150. The van der Waals surface area contributed by atoms with Gasteiger partial charge in [0.05, 0.1) is 10.6 Å². The first kappa shape index (κ1) is 47.1. The third-order valence-electron chi connectivity index (χ3n) is 7.25. The van der Waals surface area contributed by atoms with Crippen LogP contribution >= 0.6 is 11.6 Å². The van der Waals surface area contributed by atoms with Gasteiger partial charge in [-0.25, -0.2) is 0 Å². The number of nitrogens with zero attached hydrogens (tertiary/aromatic N) is 5. The molecular formula is C32H27ClN7O15S5-. The first-order chi connectivity index (χ1) is 27.9. The van der Waals surface area contributed by atoms with E-state index in [1.807, 2.05) is 0 Å². The van der Waals surface area contributed by atoms with Crippen LogP contribution in [-0.2, 0) is 52.0 Å². The van der Waals surface area contributed by atoms with Crippen LogP contribution in [0.4, 0.5) is 34.6 Å². The van der Waals surface area contributed by atoms with Crippen LogP contribution in [0.5, 0.6) is 5.75 Å². The van der Waals surface area contributed by atoms with Gasteiger partial charge in [-0.15, -0.1) is 22.9 Å². The molecule has 1 atom stereocenters. The maximum absolute atomic E-state index is 12.5. The normalized spacial score (nSPS) is 12.2. The van der Waals surface area contributed by atoms with E-state index in [1.165, 1.54) is 42.8 Å². The Morgan fingerprint density at radius 3 is 1.83 bits per heavy atom. The molecule has 0 aliphatic rings. The van der Waals surface area contributed by atoms with E-state index in [1.54, 1.807) is 0 Å². The Labute approximate surface area is 349 Å². The van der Waals surface area contributed by atoms with E-state index in [2.05, 4.69) is 49.7 Å². The van der Waals surface area contributed by atoms with Crippen molar-refractivity contribution in [1.29, 1.82) is 0 Å². The molecule has 5 aromatic carbocycles. The number of fused-ring (bicyclic) bond motifs is 2. The van der Waals surface area contributed by atoms with Crippen molar-refractivity contribution in [3.63, 3.8) is 0 Å². The Morgan fingerprint density at radius 2 is 1.28 bits per heavy atom. The second-order valence-corrected chi connectivity index (χ2v) is 17.4. The lowest BCUT2D eigenvalue weighted by atomic mass is 10.1. The van der Waals surface area contributed by atoms with Gasteiger partial charge in [0.15, 0.2) is 5.75 Å². The molecule has 0 aliphatic carbocycles. The zero-order valence-corrected chi connectivity index (χ0v) is 35.0. The summed E-state index contributed by atoms with van der Waals surface area (Å²) in [6, 6.07) is 15.3. The van der Waals surface area contributed by atoms with Crippen molar-refractivity contribution in [1.82, 2.24) is 15.0 Å². The summed E-state index contributed by atoms with van der Waals surface area (Å²) in [6.45, 7) is 4.25. The first-order valence-corrected chi connectivity index (χ1v) is 22.8. The van der Waals surface area contributed by atoms with Crippen LogP contribution in [0.3, 0.4) is 0 Å². The van der Waals surface area contributed by atoms with Gasteiger partial charge in [-0.05, 0) is 82.7 Å². The van der Waals surface area contributed by atoms with E-state index >= 15 is 0 Å². The molecule has 1 aromatic heterocycles. The Hall–Kier alpha value is -5.62.